The van der Waals surface area contributed by atoms with Crippen LogP contribution in [0.4, 0.5) is 0 Å². The van der Waals surface area contributed by atoms with Crippen LogP contribution in [0, 0.1) is 0 Å². The lowest BCUT2D eigenvalue weighted by atomic mass is 10.1. The molecule has 0 saturated carbocycles. The van der Waals surface area contributed by atoms with Gasteiger partial charge in [0.15, 0.2) is 0 Å². The number of ether oxygens (including phenoxy) is 2. The van der Waals surface area contributed by atoms with Gasteiger partial charge in [0.05, 0.1) is 6.10 Å². The highest BCUT2D eigenvalue weighted by molar-refractivity contribution is 5.71. The Morgan fingerprint density at radius 1 is 1.35 bits per heavy atom. The lowest BCUT2D eigenvalue weighted by molar-refractivity contribution is -0.163. The Morgan fingerprint density at radius 2 is 1.94 bits per heavy atom. The van der Waals surface area contributed by atoms with Crippen LogP contribution in [0.2, 0.25) is 0 Å². The Kier molecular flexibility index (Phi) is 4.93. The second-order valence-electron chi connectivity index (χ2n) is 5.24. The summed E-state index contributed by atoms with van der Waals surface area (Å²) >= 11 is 0. The number of likely N-dealkylation sites (tertiary alicyclic amines) is 1. The predicted molar refractivity (Wildman–Crippen MR) is 62.5 cm³/mol. The molecular weight excluding hydrogens is 222 g/mol. The molecule has 0 bridgehead atoms. The largest absolute Gasteiger partial charge is 0.458 e. The van der Waals surface area contributed by atoms with Crippen LogP contribution < -0.4 is 0 Å². The molecule has 0 aliphatic carbocycles. The number of esters is 1. The fraction of sp³-hybridized carbons (Fsp3) is 0.833. The fourth-order valence-electron chi connectivity index (χ4n) is 1.70. The molecule has 1 heterocycles. The molecule has 1 aliphatic heterocycles. The molecule has 5 nitrogen and oxygen atoms in total. The molecule has 0 radical (unpaired) electrons. The minimum Gasteiger partial charge on any atom is -0.458 e. The van der Waals surface area contributed by atoms with E-state index in [0.29, 0.717) is 13.1 Å². The van der Waals surface area contributed by atoms with Crippen molar-refractivity contribution in [3.8, 4) is 0 Å². The number of nitrogens with zero attached hydrogens (tertiary/aromatic N) is 1. The summed E-state index contributed by atoms with van der Waals surface area (Å²) in [6.45, 7) is 6.86. The molecule has 0 atom stereocenters. The summed E-state index contributed by atoms with van der Waals surface area (Å²) < 4.78 is 10.6. The van der Waals surface area contributed by atoms with Crippen LogP contribution in [-0.4, -0.2) is 48.7 Å². The average Bonchev–Trinajstić information content (AvgIpc) is 2.25. The van der Waals surface area contributed by atoms with Gasteiger partial charge in [-0.3, -0.25) is 4.79 Å². The van der Waals surface area contributed by atoms with Gasteiger partial charge in [0, 0.05) is 13.1 Å². The van der Waals surface area contributed by atoms with Crippen molar-refractivity contribution >= 4 is 12.4 Å². The number of hydrogen-bond donors (Lipinski definition) is 0. The van der Waals surface area contributed by atoms with Crippen molar-refractivity contribution in [2.75, 3.05) is 19.7 Å². The van der Waals surface area contributed by atoms with E-state index >= 15 is 0 Å². The van der Waals surface area contributed by atoms with Crippen LogP contribution in [0.25, 0.3) is 0 Å². The van der Waals surface area contributed by atoms with E-state index in [1.807, 2.05) is 20.8 Å². The monoisotopic (exact) mass is 243 g/mol. The van der Waals surface area contributed by atoms with Gasteiger partial charge in [0.25, 0.3) is 0 Å². The third-order valence-electron chi connectivity index (χ3n) is 2.48. The first kappa shape index (κ1) is 14.0. The molecule has 0 unspecified atom stereocenters. The van der Waals surface area contributed by atoms with Crippen molar-refractivity contribution in [3.63, 3.8) is 0 Å². The Bertz CT molecular complexity index is 264. The van der Waals surface area contributed by atoms with Crippen LogP contribution in [0.3, 0.4) is 0 Å². The molecule has 5 heteroatoms. The third-order valence-corrected chi connectivity index (χ3v) is 2.48. The van der Waals surface area contributed by atoms with Gasteiger partial charge < -0.3 is 14.4 Å². The van der Waals surface area contributed by atoms with Gasteiger partial charge >= 0.3 is 5.97 Å². The molecule has 1 fully saturated rings. The molecule has 1 saturated heterocycles. The summed E-state index contributed by atoms with van der Waals surface area (Å²) in [5.74, 6) is -0.338. The number of amides is 1. The summed E-state index contributed by atoms with van der Waals surface area (Å²) in [5.41, 5.74) is -0.471. The number of rotatable bonds is 4. The van der Waals surface area contributed by atoms with E-state index in [9.17, 15) is 9.59 Å². The van der Waals surface area contributed by atoms with Gasteiger partial charge in [0.2, 0.25) is 6.41 Å². The molecule has 1 amide bonds. The first-order valence-corrected chi connectivity index (χ1v) is 5.93. The first-order chi connectivity index (χ1) is 7.90. The molecule has 0 aromatic heterocycles. The maximum Gasteiger partial charge on any atom is 0.332 e. The van der Waals surface area contributed by atoms with Crippen molar-refractivity contribution in [1.82, 2.24) is 4.90 Å². The van der Waals surface area contributed by atoms with E-state index in [-0.39, 0.29) is 18.7 Å². The Morgan fingerprint density at radius 3 is 2.41 bits per heavy atom. The quantitative estimate of drug-likeness (QED) is 0.545. The summed E-state index contributed by atoms with van der Waals surface area (Å²) in [4.78, 5) is 23.6. The van der Waals surface area contributed by atoms with Gasteiger partial charge in [0.1, 0.15) is 12.2 Å². The topological polar surface area (TPSA) is 55.8 Å². The highest BCUT2D eigenvalue weighted by Gasteiger charge is 2.21. The summed E-state index contributed by atoms with van der Waals surface area (Å²) in [6, 6.07) is 0. The Hall–Kier alpha value is -1.10. The number of carbonyl (C=O) groups excluding carboxylic acids is 2. The molecule has 0 aromatic rings. The highest BCUT2D eigenvalue weighted by atomic mass is 16.6. The lowest BCUT2D eigenvalue weighted by Crippen LogP contribution is -2.37. The molecule has 0 N–H and O–H groups in total. The van der Waals surface area contributed by atoms with Crippen LogP contribution in [-0.2, 0) is 19.1 Å². The second kappa shape index (κ2) is 6.00. The number of carbonyl (C=O) groups is 2. The lowest BCUT2D eigenvalue weighted by Gasteiger charge is -2.29. The minimum atomic E-state index is -0.471. The Balaban J connectivity index is 2.19. The first-order valence-electron chi connectivity index (χ1n) is 5.93. The van der Waals surface area contributed by atoms with Crippen LogP contribution in [0.15, 0.2) is 0 Å². The summed E-state index contributed by atoms with van der Waals surface area (Å²) in [6.07, 6.45) is 2.46. The minimum absolute atomic E-state index is 0.0109. The number of piperidine rings is 1. The van der Waals surface area contributed by atoms with Crippen molar-refractivity contribution < 1.29 is 19.1 Å². The van der Waals surface area contributed by atoms with E-state index in [1.165, 1.54) is 0 Å². The maximum absolute atomic E-state index is 11.4. The van der Waals surface area contributed by atoms with E-state index in [2.05, 4.69) is 0 Å². The van der Waals surface area contributed by atoms with Gasteiger partial charge in [-0.05, 0) is 33.6 Å². The molecule has 98 valence electrons. The van der Waals surface area contributed by atoms with Crippen molar-refractivity contribution in [2.24, 2.45) is 0 Å². The fourth-order valence-corrected chi connectivity index (χ4v) is 1.70. The third kappa shape index (κ3) is 5.68. The van der Waals surface area contributed by atoms with Crippen molar-refractivity contribution in [3.05, 3.63) is 0 Å². The van der Waals surface area contributed by atoms with Gasteiger partial charge in [-0.15, -0.1) is 0 Å². The Labute approximate surface area is 102 Å². The zero-order valence-corrected chi connectivity index (χ0v) is 10.8. The van der Waals surface area contributed by atoms with Crippen LogP contribution in [0.5, 0.6) is 0 Å². The van der Waals surface area contributed by atoms with Gasteiger partial charge in [-0.1, -0.05) is 0 Å². The molecule has 1 rings (SSSR count). The average molecular weight is 243 g/mol. The number of hydrogen-bond acceptors (Lipinski definition) is 4. The second-order valence-corrected chi connectivity index (χ2v) is 5.24. The molecule has 1 aliphatic rings. The maximum atomic E-state index is 11.4. The van der Waals surface area contributed by atoms with E-state index in [0.717, 1.165) is 19.3 Å². The molecular formula is C12H21NO4. The van der Waals surface area contributed by atoms with E-state index < -0.39 is 5.60 Å². The standard InChI is InChI=1S/C12H21NO4/c1-12(2,3)17-11(15)8-16-10-4-6-13(9-14)7-5-10/h9-10H,4-8H2,1-3H3. The van der Waals surface area contributed by atoms with E-state index in [1.54, 1.807) is 4.90 Å². The summed E-state index contributed by atoms with van der Waals surface area (Å²) in [7, 11) is 0. The zero-order valence-electron chi connectivity index (χ0n) is 10.8. The molecule has 0 spiro atoms. The smallest absolute Gasteiger partial charge is 0.332 e. The SMILES string of the molecule is CC(C)(C)OC(=O)COC1CCN(C=O)CC1. The van der Waals surface area contributed by atoms with Gasteiger partial charge in [-0.2, -0.15) is 0 Å². The van der Waals surface area contributed by atoms with Crippen molar-refractivity contribution in [2.45, 2.75) is 45.3 Å². The highest BCUT2D eigenvalue weighted by Crippen LogP contribution is 2.13. The normalized spacial score (nSPS) is 17.9. The van der Waals surface area contributed by atoms with Crippen LogP contribution in [0.1, 0.15) is 33.6 Å². The van der Waals surface area contributed by atoms with E-state index in [4.69, 9.17) is 9.47 Å². The van der Waals surface area contributed by atoms with Gasteiger partial charge in [-0.25, -0.2) is 4.79 Å². The predicted octanol–water partition coefficient (Wildman–Crippen LogP) is 0.965. The molecule has 17 heavy (non-hydrogen) atoms. The zero-order chi connectivity index (χ0) is 12.9. The van der Waals surface area contributed by atoms with Crippen LogP contribution >= 0.6 is 0 Å². The molecule has 0 aromatic carbocycles. The van der Waals surface area contributed by atoms with Crippen molar-refractivity contribution in [1.29, 1.82) is 0 Å². The summed E-state index contributed by atoms with van der Waals surface area (Å²) in [5, 5.41) is 0.